The van der Waals surface area contributed by atoms with Crippen LogP contribution in [0.15, 0.2) is 41.0 Å². The standard InChI is InChI=1S/C16H17Cl2NO3/c1-21-8-6-19(11-14-3-2-7-22-14)16(20)9-12-4-5-13(17)10-15(12)18/h2-5,7,10H,6,8-9,11H2,1H3. The van der Waals surface area contributed by atoms with Crippen molar-refractivity contribution in [2.45, 2.75) is 13.0 Å². The fraction of sp³-hybridized carbons (Fsp3) is 0.312. The summed E-state index contributed by atoms with van der Waals surface area (Å²) in [5, 5.41) is 1.04. The lowest BCUT2D eigenvalue weighted by Gasteiger charge is -2.21. The van der Waals surface area contributed by atoms with Crippen LogP contribution < -0.4 is 0 Å². The van der Waals surface area contributed by atoms with Gasteiger partial charge in [-0.2, -0.15) is 0 Å². The molecule has 2 rings (SSSR count). The zero-order valence-corrected chi connectivity index (χ0v) is 13.7. The minimum absolute atomic E-state index is 0.0438. The number of carbonyl (C=O) groups is 1. The first-order chi connectivity index (χ1) is 10.6. The quantitative estimate of drug-likeness (QED) is 0.769. The van der Waals surface area contributed by atoms with Gasteiger partial charge in [-0.05, 0) is 29.8 Å². The molecule has 0 N–H and O–H groups in total. The number of halogens is 2. The van der Waals surface area contributed by atoms with Gasteiger partial charge in [-0.1, -0.05) is 29.3 Å². The van der Waals surface area contributed by atoms with E-state index in [1.165, 1.54) is 0 Å². The summed E-state index contributed by atoms with van der Waals surface area (Å²) >= 11 is 12.0. The average molecular weight is 342 g/mol. The summed E-state index contributed by atoms with van der Waals surface area (Å²) in [6.45, 7) is 1.35. The molecule has 6 heteroatoms. The minimum Gasteiger partial charge on any atom is -0.467 e. The van der Waals surface area contributed by atoms with Crippen LogP contribution in [0.25, 0.3) is 0 Å². The number of ether oxygens (including phenoxy) is 1. The molecule has 1 aromatic heterocycles. The van der Waals surface area contributed by atoms with E-state index in [9.17, 15) is 4.79 Å². The van der Waals surface area contributed by atoms with Crippen LogP contribution in [0.1, 0.15) is 11.3 Å². The van der Waals surface area contributed by atoms with Crippen LogP contribution in [0.5, 0.6) is 0 Å². The lowest BCUT2D eigenvalue weighted by Crippen LogP contribution is -2.34. The molecule has 4 nitrogen and oxygen atoms in total. The van der Waals surface area contributed by atoms with Crippen LogP contribution in [0.4, 0.5) is 0 Å². The molecule has 0 spiro atoms. The van der Waals surface area contributed by atoms with Crippen LogP contribution in [-0.2, 0) is 22.5 Å². The number of hydrogen-bond donors (Lipinski definition) is 0. The number of furan rings is 1. The monoisotopic (exact) mass is 341 g/mol. The lowest BCUT2D eigenvalue weighted by molar-refractivity contribution is -0.132. The van der Waals surface area contributed by atoms with Gasteiger partial charge in [0.25, 0.3) is 0 Å². The predicted octanol–water partition coefficient (Wildman–Crippen LogP) is 3.80. The first-order valence-electron chi connectivity index (χ1n) is 6.83. The smallest absolute Gasteiger partial charge is 0.227 e. The number of carbonyl (C=O) groups excluding carboxylic acids is 1. The second kappa shape index (κ2) is 8.22. The summed E-state index contributed by atoms with van der Waals surface area (Å²) in [4.78, 5) is 14.2. The highest BCUT2D eigenvalue weighted by molar-refractivity contribution is 6.35. The van der Waals surface area contributed by atoms with Crippen molar-refractivity contribution in [3.63, 3.8) is 0 Å². The van der Waals surface area contributed by atoms with Crippen molar-refractivity contribution in [1.29, 1.82) is 0 Å². The third-order valence-electron chi connectivity index (χ3n) is 3.20. The van der Waals surface area contributed by atoms with Crippen LogP contribution in [0, 0.1) is 0 Å². The Hall–Kier alpha value is -1.49. The Morgan fingerprint density at radius 1 is 1.32 bits per heavy atom. The maximum atomic E-state index is 12.5. The first kappa shape index (κ1) is 16.9. The summed E-state index contributed by atoms with van der Waals surface area (Å²) in [5.74, 6) is 0.685. The molecule has 1 amide bonds. The first-order valence-corrected chi connectivity index (χ1v) is 7.58. The Morgan fingerprint density at radius 2 is 2.14 bits per heavy atom. The highest BCUT2D eigenvalue weighted by atomic mass is 35.5. The molecule has 0 radical (unpaired) electrons. The van der Waals surface area contributed by atoms with E-state index in [-0.39, 0.29) is 12.3 Å². The number of rotatable bonds is 7. The summed E-state index contributed by atoms with van der Waals surface area (Å²) in [7, 11) is 1.60. The highest BCUT2D eigenvalue weighted by Gasteiger charge is 2.17. The van der Waals surface area contributed by atoms with Crippen molar-refractivity contribution in [1.82, 2.24) is 4.90 Å². The molecule has 1 aromatic carbocycles. The maximum Gasteiger partial charge on any atom is 0.227 e. The molecule has 2 aromatic rings. The Morgan fingerprint density at radius 3 is 2.77 bits per heavy atom. The molecule has 0 bridgehead atoms. The molecule has 1 heterocycles. The van der Waals surface area contributed by atoms with Crippen molar-refractivity contribution in [2.75, 3.05) is 20.3 Å². The van der Waals surface area contributed by atoms with Crippen molar-refractivity contribution in [3.8, 4) is 0 Å². The van der Waals surface area contributed by atoms with Crippen molar-refractivity contribution in [2.24, 2.45) is 0 Å². The van der Waals surface area contributed by atoms with Gasteiger partial charge in [0.15, 0.2) is 0 Å². The van der Waals surface area contributed by atoms with E-state index in [0.717, 1.165) is 11.3 Å². The third-order valence-corrected chi connectivity index (χ3v) is 3.79. The van der Waals surface area contributed by atoms with E-state index >= 15 is 0 Å². The van der Waals surface area contributed by atoms with E-state index in [1.807, 2.05) is 6.07 Å². The molecular formula is C16H17Cl2NO3. The average Bonchev–Trinajstić information content (AvgIpc) is 2.99. The molecule has 0 saturated heterocycles. The van der Waals surface area contributed by atoms with Crippen LogP contribution in [0.2, 0.25) is 10.0 Å². The summed E-state index contributed by atoms with van der Waals surface area (Å²) in [6, 6.07) is 8.76. The third kappa shape index (κ3) is 4.77. The molecule has 0 fully saturated rings. The van der Waals surface area contributed by atoms with Crippen LogP contribution >= 0.6 is 23.2 Å². The van der Waals surface area contributed by atoms with Crippen LogP contribution in [0.3, 0.4) is 0 Å². The molecule has 0 unspecified atom stereocenters. The number of amides is 1. The minimum atomic E-state index is -0.0438. The summed E-state index contributed by atoms with van der Waals surface area (Å²) < 4.78 is 10.4. The Bertz CT molecular complexity index is 614. The molecule has 0 atom stereocenters. The van der Waals surface area contributed by atoms with Gasteiger partial charge in [0, 0.05) is 23.7 Å². The SMILES string of the molecule is COCCN(Cc1ccco1)C(=O)Cc1ccc(Cl)cc1Cl. The molecule has 0 aliphatic rings. The molecule has 0 aliphatic carbocycles. The van der Waals surface area contributed by atoms with E-state index in [2.05, 4.69) is 0 Å². The highest BCUT2D eigenvalue weighted by Crippen LogP contribution is 2.22. The van der Waals surface area contributed by atoms with Gasteiger partial charge < -0.3 is 14.1 Å². The fourth-order valence-electron chi connectivity index (χ4n) is 2.02. The van der Waals surface area contributed by atoms with Crippen molar-refractivity contribution >= 4 is 29.1 Å². The topological polar surface area (TPSA) is 42.7 Å². The van der Waals surface area contributed by atoms with E-state index in [0.29, 0.717) is 29.7 Å². The maximum absolute atomic E-state index is 12.5. The molecule has 118 valence electrons. The molecule has 0 saturated carbocycles. The summed E-state index contributed by atoms with van der Waals surface area (Å²) in [6.07, 6.45) is 1.80. The largest absolute Gasteiger partial charge is 0.467 e. The zero-order chi connectivity index (χ0) is 15.9. The molecule has 22 heavy (non-hydrogen) atoms. The number of hydrogen-bond acceptors (Lipinski definition) is 3. The van der Waals surface area contributed by atoms with Gasteiger partial charge in [-0.3, -0.25) is 4.79 Å². The predicted molar refractivity (Wildman–Crippen MR) is 86.2 cm³/mol. The number of methoxy groups -OCH3 is 1. The van der Waals surface area contributed by atoms with E-state index in [1.54, 1.807) is 42.5 Å². The Labute approximate surface area is 139 Å². The summed E-state index contributed by atoms with van der Waals surface area (Å²) in [5.41, 5.74) is 0.748. The van der Waals surface area contributed by atoms with Crippen LogP contribution in [-0.4, -0.2) is 31.1 Å². The fourth-order valence-corrected chi connectivity index (χ4v) is 2.50. The Balaban J connectivity index is 2.07. The van der Waals surface area contributed by atoms with Gasteiger partial charge in [0.1, 0.15) is 5.76 Å². The van der Waals surface area contributed by atoms with Gasteiger partial charge in [0.2, 0.25) is 5.91 Å². The second-order valence-corrected chi connectivity index (χ2v) is 5.64. The van der Waals surface area contributed by atoms with Gasteiger partial charge in [0.05, 0.1) is 25.8 Å². The van der Waals surface area contributed by atoms with Gasteiger partial charge in [-0.25, -0.2) is 0 Å². The Kier molecular flexibility index (Phi) is 6.31. The van der Waals surface area contributed by atoms with Crippen molar-refractivity contribution < 1.29 is 13.9 Å². The second-order valence-electron chi connectivity index (χ2n) is 4.80. The van der Waals surface area contributed by atoms with Gasteiger partial charge in [-0.15, -0.1) is 0 Å². The molecular weight excluding hydrogens is 325 g/mol. The normalized spacial score (nSPS) is 10.7. The van der Waals surface area contributed by atoms with Crippen molar-refractivity contribution in [3.05, 3.63) is 58.0 Å². The van der Waals surface area contributed by atoms with E-state index in [4.69, 9.17) is 32.4 Å². The number of nitrogens with zero attached hydrogens (tertiary/aromatic N) is 1. The zero-order valence-electron chi connectivity index (χ0n) is 12.2. The lowest BCUT2D eigenvalue weighted by atomic mass is 10.1. The van der Waals surface area contributed by atoms with E-state index < -0.39 is 0 Å². The molecule has 0 aliphatic heterocycles. The van der Waals surface area contributed by atoms with Gasteiger partial charge >= 0.3 is 0 Å². The number of benzene rings is 1.